The molecule has 0 saturated heterocycles. The second kappa shape index (κ2) is 8.59. The first kappa shape index (κ1) is 20.1. The summed E-state index contributed by atoms with van der Waals surface area (Å²) < 4.78 is 28.2. The molecule has 1 fully saturated rings. The number of hydrogen-bond donors (Lipinski definition) is 3. The van der Waals surface area contributed by atoms with E-state index in [1.165, 1.54) is 6.26 Å². The van der Waals surface area contributed by atoms with Gasteiger partial charge in [-0.3, -0.25) is 0 Å². The van der Waals surface area contributed by atoms with Crippen LogP contribution >= 0.6 is 0 Å². The van der Waals surface area contributed by atoms with Crippen molar-refractivity contribution in [3.8, 4) is 5.88 Å². The predicted molar refractivity (Wildman–Crippen MR) is 110 cm³/mol. The van der Waals surface area contributed by atoms with E-state index in [-0.39, 0.29) is 17.7 Å². The Morgan fingerprint density at radius 2 is 2.00 bits per heavy atom. The van der Waals surface area contributed by atoms with Gasteiger partial charge in [0.2, 0.25) is 11.8 Å². The highest BCUT2D eigenvalue weighted by Crippen LogP contribution is 2.29. The Balaban J connectivity index is 1.64. The minimum Gasteiger partial charge on any atom is -0.480 e. The van der Waals surface area contributed by atoms with Crippen molar-refractivity contribution in [1.29, 1.82) is 0 Å². The molecule has 4 N–H and O–H groups in total. The van der Waals surface area contributed by atoms with Crippen LogP contribution in [0.1, 0.15) is 25.7 Å². The number of nitrogen functional groups attached to an aromatic ring is 1. The van der Waals surface area contributed by atoms with Gasteiger partial charge in [-0.2, -0.15) is 4.98 Å². The number of ether oxygens (including phenoxy) is 1. The number of hydrogen-bond acceptors (Lipinski definition) is 9. The lowest BCUT2D eigenvalue weighted by atomic mass is 9.87. The molecule has 2 heterocycles. The third kappa shape index (κ3) is 5.44. The second-order valence-electron chi connectivity index (χ2n) is 7.14. The molecule has 0 spiro atoms. The largest absolute Gasteiger partial charge is 0.480 e. The molecule has 0 aliphatic heterocycles. The first-order valence-electron chi connectivity index (χ1n) is 9.17. The van der Waals surface area contributed by atoms with E-state index >= 15 is 0 Å². The summed E-state index contributed by atoms with van der Waals surface area (Å²) in [6.45, 7) is 0. The molecule has 0 aromatic carbocycles. The SMILES string of the molecule is COc1ncccc1Nc1ncc(N)c(NC2CCC(CS(C)(=O)=O)CC2)n1. The Hall–Kier alpha value is -2.62. The minimum atomic E-state index is -2.93. The van der Waals surface area contributed by atoms with Crippen LogP contribution in [-0.4, -0.2) is 48.5 Å². The average molecular weight is 407 g/mol. The number of methoxy groups -OCH3 is 1. The number of sulfone groups is 1. The Morgan fingerprint density at radius 3 is 2.68 bits per heavy atom. The van der Waals surface area contributed by atoms with E-state index in [0.717, 1.165) is 25.7 Å². The van der Waals surface area contributed by atoms with Gasteiger partial charge in [-0.1, -0.05) is 0 Å². The maximum absolute atomic E-state index is 11.5. The lowest BCUT2D eigenvalue weighted by molar-refractivity contribution is 0.361. The molecule has 1 aliphatic carbocycles. The first-order chi connectivity index (χ1) is 13.3. The van der Waals surface area contributed by atoms with Crippen molar-refractivity contribution >= 4 is 33.0 Å². The fourth-order valence-electron chi connectivity index (χ4n) is 3.43. The van der Waals surface area contributed by atoms with E-state index in [0.29, 0.717) is 29.0 Å². The van der Waals surface area contributed by atoms with Crippen LogP contribution in [0.25, 0.3) is 0 Å². The summed E-state index contributed by atoms with van der Waals surface area (Å²) in [5.41, 5.74) is 7.15. The van der Waals surface area contributed by atoms with E-state index in [1.54, 1.807) is 25.6 Å². The standard InChI is InChI=1S/C18H26N6O3S/c1-27-17-15(4-3-9-20-17)23-18-21-10-14(19)16(24-18)22-13-7-5-12(6-8-13)11-28(2,25)26/h3-4,9-10,12-13H,5-8,11,19H2,1-2H3,(H2,21,22,23,24). The second-order valence-corrected chi connectivity index (χ2v) is 9.32. The summed E-state index contributed by atoms with van der Waals surface area (Å²) in [6, 6.07) is 3.81. The van der Waals surface area contributed by atoms with Crippen molar-refractivity contribution in [2.45, 2.75) is 31.7 Å². The fraction of sp³-hybridized carbons (Fsp3) is 0.500. The minimum absolute atomic E-state index is 0.203. The third-order valence-corrected chi connectivity index (χ3v) is 5.83. The number of nitrogens with two attached hydrogens (primary N) is 1. The maximum Gasteiger partial charge on any atom is 0.237 e. The van der Waals surface area contributed by atoms with E-state index < -0.39 is 9.84 Å². The Morgan fingerprint density at radius 1 is 1.25 bits per heavy atom. The number of rotatable bonds is 7. The molecule has 0 unspecified atom stereocenters. The van der Waals surface area contributed by atoms with Gasteiger partial charge < -0.3 is 21.1 Å². The number of aromatic nitrogens is 3. The molecule has 152 valence electrons. The average Bonchev–Trinajstić information content (AvgIpc) is 2.65. The van der Waals surface area contributed by atoms with Crippen LogP contribution in [0.2, 0.25) is 0 Å². The molecule has 28 heavy (non-hydrogen) atoms. The lowest BCUT2D eigenvalue weighted by Gasteiger charge is -2.29. The van der Waals surface area contributed by atoms with Crippen LogP contribution in [-0.2, 0) is 9.84 Å². The van der Waals surface area contributed by atoms with E-state index in [1.807, 2.05) is 6.07 Å². The molecular formula is C18H26N6O3S. The monoisotopic (exact) mass is 406 g/mol. The van der Waals surface area contributed by atoms with Gasteiger partial charge in [0.1, 0.15) is 15.5 Å². The molecule has 1 saturated carbocycles. The Kier molecular flexibility index (Phi) is 6.18. The van der Waals surface area contributed by atoms with Crippen LogP contribution < -0.4 is 21.1 Å². The first-order valence-corrected chi connectivity index (χ1v) is 11.2. The van der Waals surface area contributed by atoms with Crippen LogP contribution in [0.3, 0.4) is 0 Å². The topological polar surface area (TPSA) is 132 Å². The van der Waals surface area contributed by atoms with Crippen molar-refractivity contribution in [2.75, 3.05) is 35.5 Å². The molecule has 0 bridgehead atoms. The molecule has 0 atom stereocenters. The zero-order valence-corrected chi connectivity index (χ0v) is 16.9. The summed E-state index contributed by atoms with van der Waals surface area (Å²) in [5.74, 6) is 1.88. The zero-order valence-electron chi connectivity index (χ0n) is 16.1. The maximum atomic E-state index is 11.5. The summed E-state index contributed by atoms with van der Waals surface area (Å²) in [4.78, 5) is 12.8. The van der Waals surface area contributed by atoms with Gasteiger partial charge in [0.15, 0.2) is 5.82 Å². The lowest BCUT2D eigenvalue weighted by Crippen LogP contribution is -2.29. The van der Waals surface area contributed by atoms with Crippen LogP contribution in [0.4, 0.5) is 23.1 Å². The molecule has 2 aromatic rings. The summed E-state index contributed by atoms with van der Waals surface area (Å²) in [7, 11) is -1.39. The van der Waals surface area contributed by atoms with E-state index in [4.69, 9.17) is 10.5 Å². The van der Waals surface area contributed by atoms with Crippen molar-refractivity contribution in [3.63, 3.8) is 0 Å². The number of nitrogens with one attached hydrogen (secondary N) is 2. The van der Waals surface area contributed by atoms with Crippen LogP contribution in [0.5, 0.6) is 5.88 Å². The van der Waals surface area contributed by atoms with Crippen molar-refractivity contribution in [3.05, 3.63) is 24.5 Å². The molecular weight excluding hydrogens is 380 g/mol. The van der Waals surface area contributed by atoms with Gasteiger partial charge in [-0.05, 0) is 43.7 Å². The van der Waals surface area contributed by atoms with Gasteiger partial charge in [-0.15, -0.1) is 0 Å². The summed E-state index contributed by atoms with van der Waals surface area (Å²) in [6.07, 6.45) is 7.98. The predicted octanol–water partition coefficient (Wildman–Crippen LogP) is 2.22. The van der Waals surface area contributed by atoms with Crippen LogP contribution in [0, 0.1) is 5.92 Å². The summed E-state index contributed by atoms with van der Waals surface area (Å²) in [5, 5.41) is 6.46. The number of anilines is 4. The fourth-order valence-corrected chi connectivity index (χ4v) is 4.62. The van der Waals surface area contributed by atoms with E-state index in [2.05, 4.69) is 25.6 Å². The molecule has 3 rings (SSSR count). The number of pyridine rings is 1. The van der Waals surface area contributed by atoms with Gasteiger partial charge >= 0.3 is 0 Å². The molecule has 2 aromatic heterocycles. The molecule has 0 amide bonds. The molecule has 0 radical (unpaired) electrons. The molecule has 1 aliphatic rings. The Bertz CT molecular complexity index is 913. The summed E-state index contributed by atoms with van der Waals surface area (Å²) >= 11 is 0. The van der Waals surface area contributed by atoms with E-state index in [9.17, 15) is 8.42 Å². The smallest absolute Gasteiger partial charge is 0.237 e. The third-order valence-electron chi connectivity index (χ3n) is 4.75. The van der Waals surface area contributed by atoms with Crippen molar-refractivity contribution < 1.29 is 13.2 Å². The van der Waals surface area contributed by atoms with Crippen molar-refractivity contribution in [2.24, 2.45) is 5.92 Å². The highest BCUT2D eigenvalue weighted by Gasteiger charge is 2.24. The van der Waals surface area contributed by atoms with Gasteiger partial charge in [-0.25, -0.2) is 18.4 Å². The van der Waals surface area contributed by atoms with Gasteiger partial charge in [0, 0.05) is 18.5 Å². The normalized spacial score (nSPS) is 19.8. The quantitative estimate of drug-likeness (QED) is 0.633. The van der Waals surface area contributed by atoms with Crippen molar-refractivity contribution in [1.82, 2.24) is 15.0 Å². The van der Waals surface area contributed by atoms with Crippen LogP contribution in [0.15, 0.2) is 24.5 Å². The Labute approximate surface area is 165 Å². The zero-order chi connectivity index (χ0) is 20.1. The highest BCUT2D eigenvalue weighted by atomic mass is 32.2. The molecule has 9 nitrogen and oxygen atoms in total. The number of nitrogens with zero attached hydrogens (tertiary/aromatic N) is 3. The molecule has 10 heteroatoms. The van der Waals surface area contributed by atoms with Gasteiger partial charge in [0.25, 0.3) is 0 Å². The van der Waals surface area contributed by atoms with Gasteiger partial charge in [0.05, 0.1) is 24.7 Å². The highest BCUT2D eigenvalue weighted by molar-refractivity contribution is 7.90.